The van der Waals surface area contributed by atoms with Crippen molar-refractivity contribution in [3.63, 3.8) is 0 Å². The van der Waals surface area contributed by atoms with Crippen LogP contribution in [0, 0.1) is 23.7 Å². The molecule has 0 aromatic carbocycles. The fraction of sp³-hybridized carbons (Fsp3) is 0.824. The minimum absolute atomic E-state index is 0.447. The fourth-order valence-electron chi connectivity index (χ4n) is 5.69. The SMILES string of the molecule is OC1(Cn2ccnc2C2CC2)C2CC3CC(C2)CC1C3. The number of hydrogen-bond acceptors (Lipinski definition) is 2. The molecule has 5 aliphatic rings. The van der Waals surface area contributed by atoms with Crippen molar-refractivity contribution in [1.82, 2.24) is 9.55 Å². The molecule has 1 aromatic rings. The van der Waals surface area contributed by atoms with Crippen LogP contribution < -0.4 is 0 Å². The predicted molar refractivity (Wildman–Crippen MR) is 76.2 cm³/mol. The normalized spacial score (nSPS) is 46.0. The Morgan fingerprint density at radius 1 is 1.10 bits per heavy atom. The molecule has 3 heteroatoms. The van der Waals surface area contributed by atoms with Crippen LogP contribution >= 0.6 is 0 Å². The van der Waals surface area contributed by atoms with E-state index in [2.05, 4.69) is 15.7 Å². The van der Waals surface area contributed by atoms with Gasteiger partial charge in [0, 0.05) is 18.3 Å². The van der Waals surface area contributed by atoms with Crippen molar-refractivity contribution in [3.05, 3.63) is 18.2 Å². The Hall–Kier alpha value is -0.830. The first-order valence-corrected chi connectivity index (χ1v) is 8.46. The van der Waals surface area contributed by atoms with Crippen LogP contribution in [-0.2, 0) is 6.54 Å². The number of nitrogens with zero attached hydrogens (tertiary/aromatic N) is 2. The third-order valence-corrected chi connectivity index (χ3v) is 6.67. The third kappa shape index (κ3) is 1.59. The van der Waals surface area contributed by atoms with Crippen molar-refractivity contribution in [1.29, 1.82) is 0 Å². The van der Waals surface area contributed by atoms with Gasteiger partial charge in [0.1, 0.15) is 5.82 Å². The van der Waals surface area contributed by atoms with Crippen LogP contribution in [0.5, 0.6) is 0 Å². The van der Waals surface area contributed by atoms with E-state index in [0.29, 0.717) is 17.8 Å². The predicted octanol–water partition coefficient (Wildman–Crippen LogP) is 2.95. The molecule has 1 heterocycles. The van der Waals surface area contributed by atoms with Gasteiger partial charge in [0.2, 0.25) is 0 Å². The molecule has 0 spiro atoms. The molecule has 5 aliphatic carbocycles. The van der Waals surface area contributed by atoms with E-state index in [4.69, 9.17) is 0 Å². The lowest BCUT2D eigenvalue weighted by molar-refractivity contribution is -0.180. The maximum atomic E-state index is 11.4. The van der Waals surface area contributed by atoms with Crippen molar-refractivity contribution < 1.29 is 5.11 Å². The van der Waals surface area contributed by atoms with Crippen LogP contribution in [0.1, 0.15) is 56.7 Å². The van der Waals surface area contributed by atoms with Crippen LogP contribution in [0.3, 0.4) is 0 Å². The van der Waals surface area contributed by atoms with Crippen molar-refractivity contribution in [2.45, 2.75) is 63.0 Å². The Labute approximate surface area is 120 Å². The standard InChI is InChI=1S/C17H24N2O/c20-17(10-19-4-3-18-16(19)13-1-2-13)14-6-11-5-12(8-14)9-15(17)7-11/h3-4,11-15,20H,1-2,5-10H2. The number of rotatable bonds is 3. The van der Waals surface area contributed by atoms with Gasteiger partial charge >= 0.3 is 0 Å². The van der Waals surface area contributed by atoms with Crippen LogP contribution in [0.2, 0.25) is 0 Å². The molecule has 20 heavy (non-hydrogen) atoms. The van der Waals surface area contributed by atoms with Crippen LogP contribution in [-0.4, -0.2) is 20.3 Å². The molecule has 0 atom stereocenters. The van der Waals surface area contributed by atoms with Gasteiger partial charge in [-0.25, -0.2) is 4.98 Å². The van der Waals surface area contributed by atoms with Gasteiger partial charge in [-0.3, -0.25) is 0 Å². The molecule has 3 nitrogen and oxygen atoms in total. The number of aliphatic hydroxyl groups is 1. The molecular weight excluding hydrogens is 248 g/mol. The third-order valence-electron chi connectivity index (χ3n) is 6.67. The minimum atomic E-state index is -0.447. The second-order valence-corrected chi connectivity index (χ2v) is 7.98. The van der Waals surface area contributed by atoms with E-state index >= 15 is 0 Å². The highest BCUT2D eigenvalue weighted by atomic mass is 16.3. The lowest BCUT2D eigenvalue weighted by Crippen LogP contribution is -2.59. The Bertz CT molecular complexity index is 503. The summed E-state index contributed by atoms with van der Waals surface area (Å²) in [5.41, 5.74) is -0.447. The maximum Gasteiger partial charge on any atom is 0.111 e. The number of hydrogen-bond donors (Lipinski definition) is 1. The first-order chi connectivity index (χ1) is 9.72. The van der Waals surface area contributed by atoms with Gasteiger partial charge in [0.05, 0.1) is 12.1 Å². The van der Waals surface area contributed by atoms with E-state index in [-0.39, 0.29) is 0 Å². The summed E-state index contributed by atoms with van der Waals surface area (Å²) in [7, 11) is 0. The zero-order valence-electron chi connectivity index (χ0n) is 12.0. The van der Waals surface area contributed by atoms with Crippen LogP contribution in [0.15, 0.2) is 12.4 Å². The van der Waals surface area contributed by atoms with E-state index in [1.807, 2.05) is 6.20 Å². The first kappa shape index (κ1) is 11.8. The van der Waals surface area contributed by atoms with E-state index in [0.717, 1.165) is 18.4 Å². The summed E-state index contributed by atoms with van der Waals surface area (Å²) in [4.78, 5) is 4.54. The van der Waals surface area contributed by atoms with Gasteiger partial charge in [0.15, 0.2) is 0 Å². The summed E-state index contributed by atoms with van der Waals surface area (Å²) < 4.78 is 2.28. The Morgan fingerprint density at radius 2 is 1.75 bits per heavy atom. The summed E-state index contributed by atoms with van der Waals surface area (Å²) in [6.45, 7) is 0.799. The first-order valence-electron chi connectivity index (χ1n) is 8.46. The average Bonchev–Trinajstić information content (AvgIpc) is 3.16. The minimum Gasteiger partial charge on any atom is -0.387 e. The zero-order valence-corrected chi connectivity index (χ0v) is 12.0. The molecule has 108 valence electrons. The molecule has 5 fully saturated rings. The Balaban J connectivity index is 1.46. The van der Waals surface area contributed by atoms with Crippen molar-refractivity contribution >= 4 is 0 Å². The maximum absolute atomic E-state index is 11.4. The average molecular weight is 272 g/mol. The van der Waals surface area contributed by atoms with Gasteiger partial charge in [-0.1, -0.05) is 0 Å². The second kappa shape index (κ2) is 3.88. The molecular formula is C17H24N2O. The second-order valence-electron chi connectivity index (χ2n) is 7.98. The van der Waals surface area contributed by atoms with Gasteiger partial charge in [-0.05, 0) is 68.6 Å². The summed E-state index contributed by atoms with van der Waals surface area (Å²) in [5, 5.41) is 11.4. The quantitative estimate of drug-likeness (QED) is 0.918. The zero-order chi connectivity index (χ0) is 13.3. The highest BCUT2D eigenvalue weighted by Crippen LogP contribution is 2.58. The molecule has 0 radical (unpaired) electrons. The topological polar surface area (TPSA) is 38.0 Å². The Morgan fingerprint density at radius 3 is 2.35 bits per heavy atom. The number of imidazole rings is 1. The Kier molecular flexibility index (Phi) is 2.29. The molecule has 4 bridgehead atoms. The van der Waals surface area contributed by atoms with E-state index in [1.165, 1.54) is 50.8 Å². The van der Waals surface area contributed by atoms with Crippen molar-refractivity contribution in [2.75, 3.05) is 0 Å². The van der Waals surface area contributed by atoms with Crippen molar-refractivity contribution in [2.24, 2.45) is 23.7 Å². The highest BCUT2D eigenvalue weighted by Gasteiger charge is 2.56. The van der Waals surface area contributed by atoms with Gasteiger partial charge in [-0.2, -0.15) is 0 Å². The van der Waals surface area contributed by atoms with E-state index in [1.54, 1.807) is 0 Å². The lowest BCUT2D eigenvalue weighted by atomic mass is 9.50. The number of aromatic nitrogens is 2. The monoisotopic (exact) mass is 272 g/mol. The smallest absolute Gasteiger partial charge is 0.111 e. The molecule has 0 aliphatic heterocycles. The fourth-order valence-corrected chi connectivity index (χ4v) is 5.69. The molecule has 0 unspecified atom stereocenters. The van der Waals surface area contributed by atoms with Crippen LogP contribution in [0.25, 0.3) is 0 Å². The largest absolute Gasteiger partial charge is 0.387 e. The van der Waals surface area contributed by atoms with Gasteiger partial charge in [-0.15, -0.1) is 0 Å². The molecule has 1 N–H and O–H groups in total. The summed E-state index contributed by atoms with van der Waals surface area (Å²) in [5.74, 6) is 4.84. The van der Waals surface area contributed by atoms with Crippen LogP contribution in [0.4, 0.5) is 0 Å². The molecule has 5 saturated carbocycles. The van der Waals surface area contributed by atoms with E-state index in [9.17, 15) is 5.11 Å². The van der Waals surface area contributed by atoms with Gasteiger partial charge < -0.3 is 9.67 Å². The summed E-state index contributed by atoms with van der Waals surface area (Å²) in [6.07, 6.45) is 13.1. The molecule has 1 aromatic heterocycles. The molecule has 0 amide bonds. The summed E-state index contributed by atoms with van der Waals surface area (Å²) >= 11 is 0. The highest BCUT2D eigenvalue weighted by molar-refractivity contribution is 5.12. The lowest BCUT2D eigenvalue weighted by Gasteiger charge is -2.59. The van der Waals surface area contributed by atoms with E-state index < -0.39 is 5.60 Å². The summed E-state index contributed by atoms with van der Waals surface area (Å²) in [6, 6.07) is 0. The molecule has 0 saturated heterocycles. The molecule has 6 rings (SSSR count). The van der Waals surface area contributed by atoms with Crippen molar-refractivity contribution in [3.8, 4) is 0 Å². The van der Waals surface area contributed by atoms with Gasteiger partial charge in [0.25, 0.3) is 0 Å².